The van der Waals surface area contributed by atoms with Gasteiger partial charge in [0, 0.05) is 11.3 Å². The molecule has 1 heteroatoms. The van der Waals surface area contributed by atoms with Gasteiger partial charge in [-0.2, -0.15) is 0 Å². The number of carbonyl (C=O) groups is 1. The maximum atomic E-state index is 12.7. The lowest BCUT2D eigenvalue weighted by molar-refractivity contribution is -0.153. The molecule has 0 N–H and O–H groups in total. The van der Waals surface area contributed by atoms with Gasteiger partial charge in [0.2, 0.25) is 0 Å². The second kappa shape index (κ2) is 6.84. The second-order valence-corrected chi connectivity index (χ2v) is 8.41. The van der Waals surface area contributed by atoms with E-state index < -0.39 is 0 Å². The monoisotopic (exact) mass is 290 g/mol. The van der Waals surface area contributed by atoms with E-state index in [2.05, 4.69) is 6.92 Å². The van der Waals surface area contributed by atoms with E-state index in [9.17, 15) is 4.79 Å². The Labute approximate surface area is 131 Å². The van der Waals surface area contributed by atoms with Gasteiger partial charge in [-0.1, -0.05) is 58.3 Å². The Morgan fingerprint density at radius 1 is 0.857 bits per heavy atom. The summed E-state index contributed by atoms with van der Waals surface area (Å²) in [5.74, 6) is 2.99. The maximum absolute atomic E-state index is 12.7. The Balaban J connectivity index is 1.38. The summed E-state index contributed by atoms with van der Waals surface area (Å²) in [5.41, 5.74) is 0.164. The van der Waals surface area contributed by atoms with Gasteiger partial charge < -0.3 is 0 Å². The summed E-state index contributed by atoms with van der Waals surface area (Å²) in [6.07, 6.45) is 18.7. The van der Waals surface area contributed by atoms with E-state index in [4.69, 9.17) is 0 Å². The number of hydrogen-bond acceptors (Lipinski definition) is 1. The molecule has 0 aliphatic heterocycles. The van der Waals surface area contributed by atoms with Crippen LogP contribution in [-0.2, 0) is 4.79 Å². The van der Waals surface area contributed by atoms with E-state index in [-0.39, 0.29) is 5.41 Å². The van der Waals surface area contributed by atoms with Crippen LogP contribution in [0.1, 0.15) is 96.8 Å². The van der Waals surface area contributed by atoms with Crippen molar-refractivity contribution in [2.75, 3.05) is 0 Å². The van der Waals surface area contributed by atoms with Crippen LogP contribution in [0.2, 0.25) is 0 Å². The first-order valence-electron chi connectivity index (χ1n) is 9.78. The van der Waals surface area contributed by atoms with Crippen LogP contribution in [0, 0.1) is 23.2 Å². The largest absolute Gasteiger partial charge is 0.299 e. The molecule has 0 heterocycles. The lowest BCUT2D eigenvalue weighted by Crippen LogP contribution is -2.53. The van der Waals surface area contributed by atoms with E-state index >= 15 is 0 Å². The van der Waals surface area contributed by atoms with Crippen molar-refractivity contribution in [2.45, 2.75) is 96.8 Å². The molecule has 0 amide bonds. The molecule has 2 unspecified atom stereocenters. The number of unbranched alkanes of at least 4 members (excludes halogenated alkanes) is 7. The highest BCUT2D eigenvalue weighted by Crippen LogP contribution is 2.59. The molecule has 4 aliphatic carbocycles. The van der Waals surface area contributed by atoms with Crippen molar-refractivity contribution in [3.8, 4) is 0 Å². The van der Waals surface area contributed by atoms with Crippen molar-refractivity contribution in [3.05, 3.63) is 0 Å². The van der Waals surface area contributed by atoms with E-state index in [1.165, 1.54) is 89.9 Å². The lowest BCUT2D eigenvalue weighted by atomic mass is 9.48. The first-order chi connectivity index (χ1) is 10.2. The number of ketones is 1. The third-order valence-electron chi connectivity index (χ3n) is 6.66. The highest BCUT2D eigenvalue weighted by Gasteiger charge is 2.55. The number of hydrogen-bond donors (Lipinski definition) is 0. The molecule has 1 nitrogen and oxygen atoms in total. The first-order valence-corrected chi connectivity index (χ1v) is 9.78. The molecule has 4 bridgehead atoms. The summed E-state index contributed by atoms with van der Waals surface area (Å²) in [4.78, 5) is 12.7. The minimum atomic E-state index is 0.164. The van der Waals surface area contributed by atoms with Gasteiger partial charge in [0.15, 0.2) is 0 Å². The molecule has 120 valence electrons. The van der Waals surface area contributed by atoms with Crippen LogP contribution in [0.4, 0.5) is 0 Å². The van der Waals surface area contributed by atoms with Crippen LogP contribution in [0.25, 0.3) is 0 Å². The zero-order chi connectivity index (χ0) is 14.7. The number of rotatable bonds is 9. The molecule has 4 saturated carbocycles. The van der Waals surface area contributed by atoms with E-state index in [1.807, 2.05) is 0 Å². The zero-order valence-electron chi connectivity index (χ0n) is 14.0. The van der Waals surface area contributed by atoms with E-state index in [0.29, 0.717) is 11.7 Å². The average molecular weight is 290 g/mol. The van der Waals surface area contributed by atoms with E-state index in [0.717, 1.165) is 11.8 Å². The Kier molecular flexibility index (Phi) is 5.07. The predicted molar refractivity (Wildman–Crippen MR) is 88.2 cm³/mol. The van der Waals surface area contributed by atoms with Gasteiger partial charge in [0.05, 0.1) is 0 Å². The van der Waals surface area contributed by atoms with Crippen LogP contribution in [0.15, 0.2) is 0 Å². The standard InChI is InChI=1S/C20H34O/c1-2-3-4-5-6-7-8-9-10-20-14-16-11-17(15-20)13-18(12-16)19(20)21/h16-18H,2-15H2,1H3/t16-,17+,18?,20?. The molecule has 0 aromatic rings. The molecule has 4 aliphatic rings. The van der Waals surface area contributed by atoms with Crippen LogP contribution < -0.4 is 0 Å². The van der Waals surface area contributed by atoms with Crippen molar-refractivity contribution in [1.29, 1.82) is 0 Å². The van der Waals surface area contributed by atoms with Crippen molar-refractivity contribution in [3.63, 3.8) is 0 Å². The summed E-state index contributed by atoms with van der Waals surface area (Å²) in [5, 5.41) is 0. The molecule has 0 saturated heterocycles. The molecular formula is C20H34O. The molecule has 0 spiro atoms. The predicted octanol–water partition coefficient (Wildman–Crippen LogP) is 5.91. The lowest BCUT2D eigenvalue weighted by Gasteiger charge is -2.55. The average Bonchev–Trinajstić information content (AvgIpc) is 2.47. The molecule has 0 radical (unpaired) electrons. The van der Waals surface area contributed by atoms with Crippen molar-refractivity contribution < 1.29 is 4.79 Å². The van der Waals surface area contributed by atoms with Gasteiger partial charge in [-0.05, 0) is 50.4 Å². The highest BCUT2D eigenvalue weighted by atomic mass is 16.1. The van der Waals surface area contributed by atoms with Gasteiger partial charge in [-0.3, -0.25) is 4.79 Å². The summed E-state index contributed by atoms with van der Waals surface area (Å²) in [6, 6.07) is 0. The molecular weight excluding hydrogens is 256 g/mol. The fourth-order valence-corrected chi connectivity index (χ4v) is 5.86. The molecule has 4 atom stereocenters. The smallest absolute Gasteiger partial charge is 0.142 e. The fourth-order valence-electron chi connectivity index (χ4n) is 5.86. The quantitative estimate of drug-likeness (QED) is 0.482. The second-order valence-electron chi connectivity index (χ2n) is 8.41. The third-order valence-corrected chi connectivity index (χ3v) is 6.66. The summed E-state index contributed by atoms with van der Waals surface area (Å²) >= 11 is 0. The van der Waals surface area contributed by atoms with Crippen molar-refractivity contribution in [1.82, 2.24) is 0 Å². The van der Waals surface area contributed by atoms with Gasteiger partial charge in [0.1, 0.15) is 5.78 Å². The molecule has 0 aromatic carbocycles. The van der Waals surface area contributed by atoms with E-state index in [1.54, 1.807) is 0 Å². The summed E-state index contributed by atoms with van der Waals surface area (Å²) < 4.78 is 0. The van der Waals surface area contributed by atoms with Crippen molar-refractivity contribution in [2.24, 2.45) is 23.2 Å². The summed E-state index contributed by atoms with van der Waals surface area (Å²) in [6.45, 7) is 2.28. The minimum absolute atomic E-state index is 0.164. The molecule has 4 rings (SSSR count). The number of carbonyl (C=O) groups excluding carboxylic acids is 1. The van der Waals surface area contributed by atoms with Gasteiger partial charge in [-0.25, -0.2) is 0 Å². The van der Waals surface area contributed by atoms with Gasteiger partial charge >= 0.3 is 0 Å². The Bertz CT molecular complexity index is 345. The molecule has 0 aromatic heterocycles. The summed E-state index contributed by atoms with van der Waals surface area (Å²) in [7, 11) is 0. The third kappa shape index (κ3) is 3.37. The molecule has 4 fully saturated rings. The van der Waals surface area contributed by atoms with Crippen LogP contribution in [-0.4, -0.2) is 5.78 Å². The SMILES string of the molecule is CCCCCCCCCCC12C[C@@H]3CC(C[C@@H](C3)C1)C2=O. The highest BCUT2D eigenvalue weighted by molar-refractivity contribution is 5.89. The van der Waals surface area contributed by atoms with Crippen LogP contribution in [0.3, 0.4) is 0 Å². The van der Waals surface area contributed by atoms with Crippen LogP contribution >= 0.6 is 0 Å². The Hall–Kier alpha value is -0.330. The van der Waals surface area contributed by atoms with Crippen molar-refractivity contribution >= 4 is 5.78 Å². The first kappa shape index (κ1) is 15.6. The molecule has 21 heavy (non-hydrogen) atoms. The maximum Gasteiger partial charge on any atom is 0.142 e. The zero-order valence-corrected chi connectivity index (χ0v) is 14.0. The topological polar surface area (TPSA) is 17.1 Å². The van der Waals surface area contributed by atoms with Crippen LogP contribution in [0.5, 0.6) is 0 Å². The number of Topliss-reactive ketones (excluding diaryl/α,β-unsaturated/α-hetero) is 1. The van der Waals surface area contributed by atoms with Gasteiger partial charge in [0.25, 0.3) is 0 Å². The fraction of sp³-hybridized carbons (Fsp3) is 0.950. The minimum Gasteiger partial charge on any atom is -0.299 e. The van der Waals surface area contributed by atoms with Gasteiger partial charge in [-0.15, -0.1) is 0 Å². The Morgan fingerprint density at radius 2 is 1.43 bits per heavy atom. The normalized spacial score (nSPS) is 37.4. The Morgan fingerprint density at radius 3 is 2.05 bits per heavy atom.